The number of thiazole rings is 1. The molecular formula is C16H21N5OS. The van der Waals surface area contributed by atoms with Crippen LogP contribution in [0.3, 0.4) is 0 Å². The van der Waals surface area contributed by atoms with Crippen molar-refractivity contribution in [2.45, 2.75) is 38.9 Å². The highest BCUT2D eigenvalue weighted by Crippen LogP contribution is 2.32. The Morgan fingerprint density at radius 2 is 2.39 bits per heavy atom. The number of rotatable bonds is 5. The van der Waals surface area contributed by atoms with Gasteiger partial charge in [-0.2, -0.15) is 5.10 Å². The maximum atomic E-state index is 12.9. The first-order valence-corrected chi connectivity index (χ1v) is 9.08. The summed E-state index contributed by atoms with van der Waals surface area (Å²) >= 11 is 1.55. The van der Waals surface area contributed by atoms with E-state index in [4.69, 9.17) is 0 Å². The molecule has 4 rings (SSSR count). The Balaban J connectivity index is 1.59. The summed E-state index contributed by atoms with van der Waals surface area (Å²) in [5, 5.41) is 10.0. The summed E-state index contributed by atoms with van der Waals surface area (Å²) < 4.78 is 2.09. The Morgan fingerprint density at radius 1 is 1.52 bits per heavy atom. The van der Waals surface area contributed by atoms with Crippen molar-refractivity contribution in [1.29, 1.82) is 0 Å². The third kappa shape index (κ3) is 3.03. The van der Waals surface area contributed by atoms with Crippen LogP contribution in [0.4, 0.5) is 0 Å². The maximum absolute atomic E-state index is 12.9. The minimum Gasteiger partial charge on any atom is -0.334 e. The zero-order valence-corrected chi connectivity index (χ0v) is 14.1. The maximum Gasteiger partial charge on any atom is 0.274 e. The quantitative estimate of drug-likeness (QED) is 0.905. The van der Waals surface area contributed by atoms with Crippen LogP contribution < -0.4 is 5.32 Å². The summed E-state index contributed by atoms with van der Waals surface area (Å²) in [5.41, 5.74) is 5.68. The first-order chi connectivity index (χ1) is 11.2. The van der Waals surface area contributed by atoms with Crippen molar-refractivity contribution in [3.63, 3.8) is 0 Å². The number of carbonyl (C=O) groups is 1. The molecule has 6 nitrogen and oxygen atoms in total. The minimum absolute atomic E-state index is 0.00695. The van der Waals surface area contributed by atoms with Crippen molar-refractivity contribution >= 4 is 17.2 Å². The molecule has 23 heavy (non-hydrogen) atoms. The van der Waals surface area contributed by atoms with E-state index in [0.717, 1.165) is 43.2 Å². The van der Waals surface area contributed by atoms with Gasteiger partial charge in [-0.3, -0.25) is 9.48 Å². The van der Waals surface area contributed by atoms with Gasteiger partial charge in [-0.05, 0) is 18.8 Å². The van der Waals surface area contributed by atoms with Gasteiger partial charge < -0.3 is 10.2 Å². The fourth-order valence-corrected chi connectivity index (χ4v) is 3.65. The number of nitrogens with zero attached hydrogens (tertiary/aromatic N) is 4. The number of hydrogen-bond acceptors (Lipinski definition) is 5. The highest BCUT2D eigenvalue weighted by atomic mass is 32.1. The van der Waals surface area contributed by atoms with E-state index in [1.165, 1.54) is 18.5 Å². The lowest BCUT2D eigenvalue weighted by atomic mass is 10.1. The SMILES string of the molecule is CN(Cc1cscn1)C(=O)c1nn(CC2CC2)c2c1CNCC2. The third-order valence-electron chi connectivity index (χ3n) is 4.57. The molecule has 0 aromatic carbocycles. The molecule has 1 aliphatic carbocycles. The van der Waals surface area contributed by atoms with E-state index < -0.39 is 0 Å². The van der Waals surface area contributed by atoms with Crippen LogP contribution in [0.2, 0.25) is 0 Å². The Hall–Kier alpha value is -1.73. The molecule has 3 heterocycles. The van der Waals surface area contributed by atoms with Crippen LogP contribution >= 0.6 is 11.3 Å². The van der Waals surface area contributed by atoms with Gasteiger partial charge in [0.1, 0.15) is 0 Å². The lowest BCUT2D eigenvalue weighted by Crippen LogP contribution is -2.30. The number of aromatic nitrogens is 3. The van der Waals surface area contributed by atoms with E-state index in [0.29, 0.717) is 12.2 Å². The van der Waals surface area contributed by atoms with Crippen LogP contribution in [0.15, 0.2) is 10.9 Å². The van der Waals surface area contributed by atoms with E-state index >= 15 is 0 Å². The van der Waals surface area contributed by atoms with Gasteiger partial charge >= 0.3 is 0 Å². The number of amides is 1. The molecule has 1 aliphatic heterocycles. The molecule has 0 radical (unpaired) electrons. The third-order valence-corrected chi connectivity index (χ3v) is 5.20. The van der Waals surface area contributed by atoms with E-state index in [1.807, 2.05) is 12.4 Å². The Bertz CT molecular complexity index is 704. The Labute approximate surface area is 139 Å². The monoisotopic (exact) mass is 331 g/mol. The number of nitrogens with one attached hydrogen (secondary N) is 1. The number of fused-ring (bicyclic) bond motifs is 1. The van der Waals surface area contributed by atoms with Crippen molar-refractivity contribution in [1.82, 2.24) is 25.0 Å². The average Bonchev–Trinajstić information content (AvgIpc) is 3.09. The molecule has 1 amide bonds. The van der Waals surface area contributed by atoms with Crippen molar-refractivity contribution in [3.8, 4) is 0 Å². The van der Waals surface area contributed by atoms with Crippen LogP contribution in [-0.2, 0) is 26.1 Å². The van der Waals surface area contributed by atoms with Gasteiger partial charge in [0.05, 0.1) is 17.7 Å². The summed E-state index contributed by atoms with van der Waals surface area (Å²) in [5.74, 6) is 0.747. The molecule has 7 heteroatoms. The summed E-state index contributed by atoms with van der Waals surface area (Å²) in [6, 6.07) is 0. The second-order valence-corrected chi connectivity index (χ2v) is 7.19. The molecule has 0 unspecified atom stereocenters. The zero-order valence-electron chi connectivity index (χ0n) is 13.3. The van der Waals surface area contributed by atoms with Crippen LogP contribution in [0.1, 0.15) is 40.3 Å². The topological polar surface area (TPSA) is 63.1 Å². The summed E-state index contributed by atoms with van der Waals surface area (Å²) in [6.07, 6.45) is 3.54. The smallest absolute Gasteiger partial charge is 0.274 e. The molecule has 1 saturated carbocycles. The van der Waals surface area contributed by atoms with Crippen LogP contribution in [0.25, 0.3) is 0 Å². The second-order valence-electron chi connectivity index (χ2n) is 6.47. The molecule has 0 atom stereocenters. The molecule has 1 fully saturated rings. The standard InChI is InChI=1S/C16H21N5OS/c1-20(8-12-9-23-10-18-12)16(22)15-13-6-17-5-4-14(13)21(19-15)7-11-2-3-11/h9-11,17H,2-8H2,1H3. The average molecular weight is 331 g/mol. The lowest BCUT2D eigenvalue weighted by molar-refractivity contribution is 0.0775. The van der Waals surface area contributed by atoms with Gasteiger partial charge in [-0.1, -0.05) is 0 Å². The Kier molecular flexibility index (Phi) is 3.90. The van der Waals surface area contributed by atoms with Gasteiger partial charge in [0, 0.05) is 49.7 Å². The predicted octanol–water partition coefficient (Wildman–Crippen LogP) is 1.67. The van der Waals surface area contributed by atoms with Crippen LogP contribution in [-0.4, -0.2) is 39.2 Å². The fourth-order valence-electron chi connectivity index (χ4n) is 3.10. The molecule has 2 aromatic rings. The molecular weight excluding hydrogens is 310 g/mol. The van der Waals surface area contributed by atoms with Gasteiger partial charge in [0.2, 0.25) is 0 Å². The molecule has 122 valence electrons. The fraction of sp³-hybridized carbons (Fsp3) is 0.562. The molecule has 0 saturated heterocycles. The molecule has 2 aliphatic rings. The number of carbonyl (C=O) groups excluding carboxylic acids is 1. The van der Waals surface area contributed by atoms with Crippen molar-refractivity contribution < 1.29 is 4.79 Å². The predicted molar refractivity (Wildman–Crippen MR) is 88.3 cm³/mol. The first kappa shape index (κ1) is 14.8. The minimum atomic E-state index is -0.00695. The molecule has 2 aromatic heterocycles. The van der Waals surface area contributed by atoms with Crippen LogP contribution in [0, 0.1) is 5.92 Å². The van der Waals surface area contributed by atoms with Gasteiger partial charge in [0.25, 0.3) is 5.91 Å². The second kappa shape index (κ2) is 6.05. The van der Waals surface area contributed by atoms with Crippen molar-refractivity contribution in [2.24, 2.45) is 5.92 Å². The summed E-state index contributed by atoms with van der Waals surface area (Å²) in [6.45, 7) is 3.20. The molecule has 1 N–H and O–H groups in total. The van der Waals surface area contributed by atoms with Gasteiger partial charge in [0.15, 0.2) is 5.69 Å². The Morgan fingerprint density at radius 3 is 3.13 bits per heavy atom. The first-order valence-electron chi connectivity index (χ1n) is 8.14. The highest BCUT2D eigenvalue weighted by molar-refractivity contribution is 7.07. The van der Waals surface area contributed by atoms with E-state index in [9.17, 15) is 4.79 Å². The van der Waals surface area contributed by atoms with Gasteiger partial charge in [-0.15, -0.1) is 11.3 Å². The zero-order chi connectivity index (χ0) is 15.8. The molecule has 0 bridgehead atoms. The van der Waals surface area contributed by atoms with Crippen molar-refractivity contribution in [2.75, 3.05) is 13.6 Å². The molecule has 0 spiro atoms. The highest BCUT2D eigenvalue weighted by Gasteiger charge is 2.30. The lowest BCUT2D eigenvalue weighted by Gasteiger charge is -2.17. The number of hydrogen-bond donors (Lipinski definition) is 1. The van der Waals surface area contributed by atoms with E-state index in [1.54, 1.807) is 21.7 Å². The van der Waals surface area contributed by atoms with E-state index in [2.05, 4.69) is 20.1 Å². The van der Waals surface area contributed by atoms with E-state index in [-0.39, 0.29) is 5.91 Å². The van der Waals surface area contributed by atoms with Crippen molar-refractivity contribution in [3.05, 3.63) is 33.5 Å². The largest absolute Gasteiger partial charge is 0.334 e. The van der Waals surface area contributed by atoms with Crippen LogP contribution in [0.5, 0.6) is 0 Å². The summed E-state index contributed by atoms with van der Waals surface area (Å²) in [7, 11) is 1.82. The normalized spacial score (nSPS) is 17.1. The summed E-state index contributed by atoms with van der Waals surface area (Å²) in [4.78, 5) is 18.8. The van der Waals surface area contributed by atoms with Gasteiger partial charge in [-0.25, -0.2) is 4.98 Å².